The van der Waals surface area contributed by atoms with Crippen molar-refractivity contribution < 1.29 is 8.76 Å². The zero-order valence-corrected chi connectivity index (χ0v) is 8.21. The van der Waals surface area contributed by atoms with Crippen molar-refractivity contribution in [1.29, 1.82) is 0 Å². The van der Waals surface area contributed by atoms with Gasteiger partial charge in [-0.25, -0.2) is 9.19 Å². The number of hydrogen-bond donors (Lipinski definition) is 1. The van der Waals surface area contributed by atoms with E-state index in [1.165, 1.54) is 18.6 Å². The summed E-state index contributed by atoms with van der Waals surface area (Å²) in [6.45, 7) is 0. The van der Waals surface area contributed by atoms with E-state index in [2.05, 4.69) is 9.97 Å². The van der Waals surface area contributed by atoms with Crippen molar-refractivity contribution in [1.82, 2.24) is 9.97 Å². The number of rotatable bonds is 1. The van der Waals surface area contributed by atoms with Crippen LogP contribution in [0.15, 0.2) is 23.6 Å². The molecule has 10 heavy (non-hydrogen) atoms. The van der Waals surface area contributed by atoms with Gasteiger partial charge in [-0.05, 0) is 0 Å². The molecule has 1 aromatic rings. The minimum Gasteiger partial charge on any atom is -0.301 e. The molecule has 1 aromatic heterocycles. The van der Waals surface area contributed by atoms with Gasteiger partial charge >= 0.3 is 0 Å². The molecule has 1 heterocycles. The van der Waals surface area contributed by atoms with Gasteiger partial charge in [0.1, 0.15) is 0 Å². The SMILES string of the molecule is O=S(O)c1cnccn1.[Na]. The molecular formula is C4H4N2NaO2S. The average Bonchev–Trinajstić information content (AvgIpc) is 1.90. The summed E-state index contributed by atoms with van der Waals surface area (Å²) in [6.07, 6.45) is 4.05. The van der Waals surface area contributed by atoms with E-state index in [9.17, 15) is 4.21 Å². The Kier molecular flexibility index (Phi) is 5.02. The molecule has 0 aliphatic rings. The van der Waals surface area contributed by atoms with E-state index in [1.54, 1.807) is 0 Å². The van der Waals surface area contributed by atoms with Gasteiger partial charge in [0.25, 0.3) is 0 Å². The van der Waals surface area contributed by atoms with E-state index in [-0.39, 0.29) is 34.6 Å². The van der Waals surface area contributed by atoms with Gasteiger partial charge in [-0.1, -0.05) is 0 Å². The Hall–Kier alpha value is 0.190. The van der Waals surface area contributed by atoms with Crippen molar-refractivity contribution in [3.63, 3.8) is 0 Å². The van der Waals surface area contributed by atoms with Crippen molar-refractivity contribution in [3.05, 3.63) is 18.6 Å². The van der Waals surface area contributed by atoms with Crippen molar-refractivity contribution in [2.24, 2.45) is 0 Å². The van der Waals surface area contributed by atoms with Crippen molar-refractivity contribution >= 4 is 40.6 Å². The fourth-order valence-corrected chi connectivity index (χ4v) is 0.678. The molecule has 1 unspecified atom stereocenters. The van der Waals surface area contributed by atoms with Gasteiger partial charge in [0.05, 0.1) is 6.20 Å². The zero-order chi connectivity index (χ0) is 6.69. The second kappa shape index (κ2) is 4.92. The number of aromatic nitrogens is 2. The molecule has 0 aliphatic carbocycles. The van der Waals surface area contributed by atoms with Gasteiger partial charge in [0.2, 0.25) is 11.1 Å². The quantitative estimate of drug-likeness (QED) is 0.459. The Bertz CT molecular complexity index is 218. The Morgan fingerprint density at radius 3 is 2.50 bits per heavy atom. The molecule has 6 heteroatoms. The average molecular weight is 167 g/mol. The molecule has 0 amide bonds. The predicted octanol–water partition coefficient (Wildman–Crippen LogP) is -0.324. The molecule has 0 bridgehead atoms. The molecule has 0 aliphatic heterocycles. The van der Waals surface area contributed by atoms with Gasteiger partial charge in [-0.15, -0.1) is 0 Å². The summed E-state index contributed by atoms with van der Waals surface area (Å²) >= 11 is -2.00. The first-order valence-electron chi connectivity index (χ1n) is 2.17. The summed E-state index contributed by atoms with van der Waals surface area (Å²) in [7, 11) is 0. The standard InChI is InChI=1S/C4H4N2O2S.Na/c7-9(8)4-3-5-1-2-6-4;/h1-3H,(H,7,8);. The maximum Gasteiger partial charge on any atom is 0.207 e. The van der Waals surface area contributed by atoms with Crippen LogP contribution in [0, 0.1) is 0 Å². The minimum atomic E-state index is -2.00. The second-order valence-electron chi connectivity index (χ2n) is 1.29. The molecule has 0 fully saturated rings. The summed E-state index contributed by atoms with van der Waals surface area (Å²) in [5.41, 5.74) is 0. The first-order chi connectivity index (χ1) is 4.30. The smallest absolute Gasteiger partial charge is 0.207 e. The number of hydrogen-bond acceptors (Lipinski definition) is 3. The van der Waals surface area contributed by atoms with Gasteiger partial charge in [0.15, 0.2) is 5.03 Å². The summed E-state index contributed by atoms with van der Waals surface area (Å²) in [6, 6.07) is 0. The molecule has 0 aromatic carbocycles. The van der Waals surface area contributed by atoms with Crippen LogP contribution in [0.4, 0.5) is 0 Å². The Morgan fingerprint density at radius 2 is 2.20 bits per heavy atom. The first-order valence-corrected chi connectivity index (χ1v) is 3.28. The molecule has 0 saturated heterocycles. The Balaban J connectivity index is 0.000000810. The minimum absolute atomic E-state index is 0. The maximum atomic E-state index is 10.2. The first kappa shape index (κ1) is 10.2. The largest absolute Gasteiger partial charge is 0.301 e. The molecule has 4 nitrogen and oxygen atoms in total. The van der Waals surface area contributed by atoms with Crippen LogP contribution < -0.4 is 0 Å². The Morgan fingerprint density at radius 1 is 1.50 bits per heavy atom. The number of nitrogens with zero attached hydrogens (tertiary/aromatic N) is 2. The molecule has 1 N–H and O–H groups in total. The maximum absolute atomic E-state index is 10.2. The molecule has 1 atom stereocenters. The van der Waals surface area contributed by atoms with Crippen molar-refractivity contribution in [3.8, 4) is 0 Å². The van der Waals surface area contributed by atoms with Crippen LogP contribution in [0.5, 0.6) is 0 Å². The molecular weight excluding hydrogens is 163 g/mol. The van der Waals surface area contributed by atoms with Gasteiger partial charge in [0, 0.05) is 42.0 Å². The van der Waals surface area contributed by atoms with Gasteiger partial charge in [-0.3, -0.25) is 4.98 Å². The van der Waals surface area contributed by atoms with E-state index in [4.69, 9.17) is 4.55 Å². The molecule has 49 valence electrons. The van der Waals surface area contributed by atoms with Gasteiger partial charge < -0.3 is 4.55 Å². The summed E-state index contributed by atoms with van der Waals surface area (Å²) in [4.78, 5) is 7.16. The van der Waals surface area contributed by atoms with E-state index < -0.39 is 11.1 Å². The third-order valence-electron chi connectivity index (χ3n) is 0.718. The van der Waals surface area contributed by atoms with Crippen LogP contribution in [-0.2, 0) is 11.1 Å². The fraction of sp³-hybridized carbons (Fsp3) is 0. The van der Waals surface area contributed by atoms with Crippen LogP contribution >= 0.6 is 0 Å². The Labute approximate surface area is 82.7 Å². The molecule has 0 spiro atoms. The molecule has 0 saturated carbocycles. The zero-order valence-electron chi connectivity index (χ0n) is 5.39. The van der Waals surface area contributed by atoms with Crippen LogP contribution in [0.25, 0.3) is 0 Å². The third-order valence-corrected chi connectivity index (χ3v) is 1.29. The van der Waals surface area contributed by atoms with E-state index in [0.717, 1.165) is 0 Å². The van der Waals surface area contributed by atoms with Crippen LogP contribution in [0.3, 0.4) is 0 Å². The molecule has 1 rings (SSSR count). The van der Waals surface area contributed by atoms with Crippen LogP contribution in [0.2, 0.25) is 0 Å². The molecule has 1 radical (unpaired) electrons. The van der Waals surface area contributed by atoms with Gasteiger partial charge in [-0.2, -0.15) is 0 Å². The van der Waals surface area contributed by atoms with Crippen molar-refractivity contribution in [2.45, 2.75) is 5.03 Å². The van der Waals surface area contributed by atoms with E-state index >= 15 is 0 Å². The summed E-state index contributed by atoms with van der Waals surface area (Å²) in [5.74, 6) is 0. The fourth-order valence-electron chi connectivity index (χ4n) is 0.376. The summed E-state index contributed by atoms with van der Waals surface area (Å²) in [5, 5.41) is 0.0810. The van der Waals surface area contributed by atoms with E-state index in [0.29, 0.717) is 0 Å². The monoisotopic (exact) mass is 167 g/mol. The second-order valence-corrected chi connectivity index (χ2v) is 2.21. The van der Waals surface area contributed by atoms with Crippen LogP contribution in [0.1, 0.15) is 0 Å². The van der Waals surface area contributed by atoms with Crippen molar-refractivity contribution in [2.75, 3.05) is 0 Å². The third kappa shape index (κ3) is 2.85. The topological polar surface area (TPSA) is 63.1 Å². The van der Waals surface area contributed by atoms with Crippen LogP contribution in [-0.4, -0.2) is 48.3 Å². The predicted molar refractivity (Wildman–Crippen MR) is 36.8 cm³/mol. The summed E-state index contributed by atoms with van der Waals surface area (Å²) < 4.78 is 18.6. The van der Waals surface area contributed by atoms with E-state index in [1.807, 2.05) is 0 Å². The normalized spacial score (nSPS) is 11.7.